The first-order valence-electron chi connectivity index (χ1n) is 13.3. The van der Waals surface area contributed by atoms with E-state index in [-0.39, 0.29) is 19.3 Å². The smallest absolute Gasteiger partial charge is 0.326 e. The molecule has 0 bridgehead atoms. The van der Waals surface area contributed by atoms with Crippen LogP contribution in [0.1, 0.15) is 57.1 Å². The minimum Gasteiger partial charge on any atom is -0.481 e. The first-order chi connectivity index (χ1) is 19.6. The number of rotatable bonds is 19. The van der Waals surface area contributed by atoms with E-state index in [0.29, 0.717) is 17.5 Å². The molecule has 0 spiro atoms. The summed E-state index contributed by atoms with van der Waals surface area (Å²) in [6, 6.07) is 0.846. The molecule has 0 aliphatic carbocycles. The van der Waals surface area contributed by atoms with Crippen LogP contribution in [0.25, 0.3) is 0 Å². The Kier molecular flexibility index (Phi) is 14.6. The van der Waals surface area contributed by atoms with Crippen molar-refractivity contribution in [1.29, 1.82) is 0 Å². The van der Waals surface area contributed by atoms with Crippen LogP contribution < -0.4 is 21.7 Å². The van der Waals surface area contributed by atoms with E-state index in [2.05, 4.69) is 16.0 Å². The van der Waals surface area contributed by atoms with Gasteiger partial charge in [0.05, 0.1) is 12.5 Å². The van der Waals surface area contributed by atoms with Crippen LogP contribution in [0.5, 0.6) is 0 Å². The normalized spacial score (nSPS) is 14.4. The van der Waals surface area contributed by atoms with Gasteiger partial charge in [-0.25, -0.2) is 4.79 Å². The summed E-state index contributed by atoms with van der Waals surface area (Å²) in [5.74, 6) is -8.13. The summed E-state index contributed by atoms with van der Waals surface area (Å²) in [7, 11) is 0. The summed E-state index contributed by atoms with van der Waals surface area (Å²) >= 11 is 0. The highest BCUT2D eigenvalue weighted by molar-refractivity contribution is 5.94. The Labute approximate surface area is 241 Å². The first-order valence-corrected chi connectivity index (χ1v) is 13.3. The topological polar surface area (TPSA) is 263 Å². The average molecular weight is 595 g/mol. The lowest BCUT2D eigenvalue weighted by Gasteiger charge is -2.26. The fourth-order valence-electron chi connectivity index (χ4n) is 3.88. The van der Waals surface area contributed by atoms with Gasteiger partial charge in [0.2, 0.25) is 17.7 Å². The molecule has 3 amide bonds. The van der Waals surface area contributed by atoms with Crippen molar-refractivity contribution < 1.29 is 54.0 Å². The fraction of sp³-hybridized carbons (Fsp3) is 0.519. The van der Waals surface area contributed by atoms with Gasteiger partial charge in [0.25, 0.3) is 0 Å². The third-order valence-electron chi connectivity index (χ3n) is 6.51. The molecule has 1 aromatic carbocycles. The highest BCUT2D eigenvalue weighted by Gasteiger charge is 2.32. The lowest BCUT2D eigenvalue weighted by atomic mass is 9.98. The van der Waals surface area contributed by atoms with E-state index in [1.807, 2.05) is 0 Å². The van der Waals surface area contributed by atoms with Crippen LogP contribution >= 0.6 is 0 Å². The number of hydrogen-bond acceptors (Lipinski definition) is 8. The second kappa shape index (κ2) is 17.3. The van der Waals surface area contributed by atoms with Crippen molar-refractivity contribution in [3.8, 4) is 0 Å². The Bertz CT molecular complexity index is 1140. The van der Waals surface area contributed by atoms with Crippen LogP contribution in [0.3, 0.4) is 0 Å². The van der Waals surface area contributed by atoms with Gasteiger partial charge in [-0.2, -0.15) is 0 Å². The van der Waals surface area contributed by atoms with E-state index in [4.69, 9.17) is 21.1 Å². The van der Waals surface area contributed by atoms with Crippen molar-refractivity contribution in [3.63, 3.8) is 0 Å². The first kappa shape index (κ1) is 35.5. The molecule has 0 aliphatic heterocycles. The van der Waals surface area contributed by atoms with Gasteiger partial charge in [-0.3, -0.25) is 28.8 Å². The summed E-state index contributed by atoms with van der Waals surface area (Å²) in [4.78, 5) is 83.7. The van der Waals surface area contributed by atoms with Crippen molar-refractivity contribution in [2.45, 2.75) is 83.0 Å². The molecule has 0 saturated carbocycles. The van der Waals surface area contributed by atoms with E-state index in [1.165, 1.54) is 0 Å². The Morgan fingerprint density at radius 3 is 1.60 bits per heavy atom. The average Bonchev–Trinajstić information content (AvgIpc) is 2.91. The van der Waals surface area contributed by atoms with Crippen LogP contribution in [-0.2, 0) is 46.4 Å². The van der Waals surface area contributed by atoms with Crippen molar-refractivity contribution >= 4 is 41.6 Å². The molecule has 232 valence electrons. The zero-order valence-corrected chi connectivity index (χ0v) is 23.4. The quantitative estimate of drug-likeness (QED) is 0.101. The number of carboxylic acids is 4. The summed E-state index contributed by atoms with van der Waals surface area (Å²) in [6.07, 6.45) is -1.67. The molecule has 1 rings (SSSR count). The van der Waals surface area contributed by atoms with Crippen LogP contribution in [0.2, 0.25) is 0 Å². The molecule has 0 unspecified atom stereocenters. The maximum atomic E-state index is 13.1. The number of carbonyl (C=O) groups excluding carboxylic acids is 3. The number of carboxylic acid groups (broad SMARTS) is 4. The predicted molar refractivity (Wildman–Crippen MR) is 146 cm³/mol. The number of nitrogens with two attached hydrogens (primary N) is 1. The molecule has 1 aromatic rings. The molecule has 9 N–H and O–H groups in total. The highest BCUT2D eigenvalue weighted by Crippen LogP contribution is 2.11. The predicted octanol–water partition coefficient (Wildman–Crippen LogP) is -0.502. The van der Waals surface area contributed by atoms with Gasteiger partial charge in [-0.15, -0.1) is 0 Å². The second-order valence-corrected chi connectivity index (χ2v) is 9.89. The molecule has 0 heterocycles. The summed E-state index contributed by atoms with van der Waals surface area (Å²) in [6.45, 7) is 3.31. The van der Waals surface area contributed by atoms with Crippen molar-refractivity contribution in [2.75, 3.05) is 0 Å². The molecule has 0 radical (unpaired) electrons. The van der Waals surface area contributed by atoms with Crippen LogP contribution in [0.15, 0.2) is 24.3 Å². The van der Waals surface area contributed by atoms with E-state index in [1.54, 1.807) is 38.1 Å². The maximum Gasteiger partial charge on any atom is 0.326 e. The van der Waals surface area contributed by atoms with Gasteiger partial charge in [0, 0.05) is 12.8 Å². The molecular formula is C27H38N4O11. The zero-order chi connectivity index (χ0) is 32.0. The van der Waals surface area contributed by atoms with Gasteiger partial charge < -0.3 is 42.1 Å². The Balaban J connectivity index is 3.05. The van der Waals surface area contributed by atoms with Crippen LogP contribution in [0, 0.1) is 5.92 Å². The minimum atomic E-state index is -1.50. The molecule has 0 fully saturated rings. The third kappa shape index (κ3) is 12.8. The number of hydrogen-bond donors (Lipinski definition) is 8. The van der Waals surface area contributed by atoms with Gasteiger partial charge in [0.1, 0.15) is 18.1 Å². The molecule has 5 atom stereocenters. The van der Waals surface area contributed by atoms with Crippen molar-refractivity contribution in [3.05, 3.63) is 35.4 Å². The number of aliphatic carboxylic acids is 4. The van der Waals surface area contributed by atoms with Crippen LogP contribution in [0.4, 0.5) is 0 Å². The summed E-state index contributed by atoms with van der Waals surface area (Å²) in [5, 5.41) is 43.5. The molecule has 0 aromatic heterocycles. The molecule has 15 nitrogen and oxygen atoms in total. The van der Waals surface area contributed by atoms with Crippen LogP contribution in [-0.4, -0.2) is 86.2 Å². The Morgan fingerprint density at radius 2 is 1.17 bits per heavy atom. The number of amides is 3. The fourth-order valence-corrected chi connectivity index (χ4v) is 3.88. The third-order valence-corrected chi connectivity index (χ3v) is 6.51. The monoisotopic (exact) mass is 594 g/mol. The lowest BCUT2D eigenvalue weighted by Crippen LogP contribution is -2.58. The largest absolute Gasteiger partial charge is 0.481 e. The highest BCUT2D eigenvalue weighted by atomic mass is 16.4. The number of nitrogens with one attached hydrogen (secondary N) is 3. The zero-order valence-electron chi connectivity index (χ0n) is 23.4. The van der Waals surface area contributed by atoms with E-state index < -0.39 is 90.9 Å². The Morgan fingerprint density at radius 1 is 0.714 bits per heavy atom. The van der Waals surface area contributed by atoms with Crippen molar-refractivity contribution in [2.24, 2.45) is 11.7 Å². The van der Waals surface area contributed by atoms with E-state index in [9.17, 15) is 38.7 Å². The van der Waals surface area contributed by atoms with Gasteiger partial charge in [-0.1, -0.05) is 44.5 Å². The number of carbonyl (C=O) groups is 7. The van der Waals surface area contributed by atoms with E-state index >= 15 is 0 Å². The maximum absolute atomic E-state index is 13.1. The summed E-state index contributed by atoms with van der Waals surface area (Å²) in [5.41, 5.74) is 7.12. The Hall–Kier alpha value is -4.53. The second-order valence-electron chi connectivity index (χ2n) is 9.89. The lowest BCUT2D eigenvalue weighted by molar-refractivity contribution is -0.144. The molecule has 0 saturated heterocycles. The standard InChI is InChI=1S/C27H38N4O11/c1-3-14(2)23(27(41)42)31-26(40)19(9-11-21(34)35)30-25(39)18(8-10-20(32)33)29-24(38)17(28)12-15-4-6-16(7-5-15)13-22(36)37/h4-7,14,17-19,23H,3,8-13,28H2,1-2H3,(H,29,38)(H,30,39)(H,31,40)(H,32,33)(H,34,35)(H,36,37)(H,41,42)/t14-,17-,18-,19-,23-/m0/s1. The molecule has 42 heavy (non-hydrogen) atoms. The summed E-state index contributed by atoms with van der Waals surface area (Å²) < 4.78 is 0. The number of benzene rings is 1. The van der Waals surface area contributed by atoms with Gasteiger partial charge in [0.15, 0.2) is 0 Å². The molecular weight excluding hydrogens is 556 g/mol. The molecule has 15 heteroatoms. The molecule has 0 aliphatic rings. The van der Waals surface area contributed by atoms with Gasteiger partial charge in [-0.05, 0) is 36.3 Å². The van der Waals surface area contributed by atoms with Gasteiger partial charge >= 0.3 is 23.9 Å². The SMILES string of the molecule is CC[C@H](C)[C@H](NC(=O)[C@H](CCC(=O)O)NC(=O)[C@H](CCC(=O)O)NC(=O)[C@@H](N)Cc1ccc(CC(=O)O)cc1)C(=O)O. The minimum absolute atomic E-state index is 0.00227. The van der Waals surface area contributed by atoms with E-state index in [0.717, 1.165) is 0 Å². The van der Waals surface area contributed by atoms with Crippen molar-refractivity contribution in [1.82, 2.24) is 16.0 Å².